The van der Waals surface area contributed by atoms with Crippen LogP contribution in [0.3, 0.4) is 0 Å². The molecular weight excluding hydrogens is 208 g/mol. The van der Waals surface area contributed by atoms with E-state index in [1.54, 1.807) is 26.0 Å². The quantitative estimate of drug-likeness (QED) is 0.568. The van der Waals surface area contributed by atoms with Crippen molar-refractivity contribution < 1.29 is 9.47 Å². The summed E-state index contributed by atoms with van der Waals surface area (Å²) in [7, 11) is 3.33. The Hall–Kier alpha value is -0.510. The Morgan fingerprint density at radius 1 is 1.20 bits per heavy atom. The molecule has 1 aromatic carbocycles. The van der Waals surface area contributed by atoms with Gasteiger partial charge in [-0.2, -0.15) is 0 Å². The van der Waals surface area contributed by atoms with Crippen molar-refractivity contribution in [2.75, 3.05) is 20.0 Å². The maximum atomic E-state index is 5.15. The van der Waals surface area contributed by atoms with Gasteiger partial charge in [0.15, 0.2) is 6.29 Å². The maximum Gasteiger partial charge on any atom is 0.166 e. The normalized spacial score (nSPS) is 11.0. The standard InChI is InChI=1S/C12H18O2S/c1-9-5-6-10(2)11(7-9)15-8-12(13-3)14-4/h5-7,12H,8H2,1-4H3. The van der Waals surface area contributed by atoms with E-state index in [2.05, 4.69) is 32.0 Å². The number of benzene rings is 1. The molecule has 0 unspecified atom stereocenters. The molecule has 0 aliphatic carbocycles. The Labute approximate surface area is 96.0 Å². The average molecular weight is 226 g/mol. The summed E-state index contributed by atoms with van der Waals surface area (Å²) in [5, 5.41) is 0. The van der Waals surface area contributed by atoms with Crippen LogP contribution in [0, 0.1) is 13.8 Å². The maximum absolute atomic E-state index is 5.15. The fourth-order valence-corrected chi connectivity index (χ4v) is 2.41. The summed E-state index contributed by atoms with van der Waals surface area (Å²) in [5.74, 6) is 0.817. The average Bonchev–Trinajstić information content (AvgIpc) is 2.24. The molecule has 0 heterocycles. The first-order valence-electron chi connectivity index (χ1n) is 4.93. The van der Waals surface area contributed by atoms with E-state index >= 15 is 0 Å². The lowest BCUT2D eigenvalue weighted by atomic mass is 10.2. The van der Waals surface area contributed by atoms with Gasteiger partial charge in [-0.15, -0.1) is 11.8 Å². The molecule has 0 atom stereocenters. The van der Waals surface area contributed by atoms with Gasteiger partial charge in [-0.05, 0) is 25.5 Å². The molecule has 0 spiro atoms. The molecule has 0 saturated heterocycles. The highest BCUT2D eigenvalue weighted by molar-refractivity contribution is 7.99. The Morgan fingerprint density at radius 2 is 1.87 bits per heavy atom. The van der Waals surface area contributed by atoms with Gasteiger partial charge in [0.05, 0.1) is 0 Å². The van der Waals surface area contributed by atoms with Gasteiger partial charge in [-0.3, -0.25) is 0 Å². The third kappa shape index (κ3) is 3.86. The number of aryl methyl sites for hydroxylation is 2. The van der Waals surface area contributed by atoms with Crippen LogP contribution in [0.2, 0.25) is 0 Å². The van der Waals surface area contributed by atoms with Gasteiger partial charge in [-0.25, -0.2) is 0 Å². The van der Waals surface area contributed by atoms with Crippen molar-refractivity contribution in [3.8, 4) is 0 Å². The SMILES string of the molecule is COC(CSc1cc(C)ccc1C)OC. The van der Waals surface area contributed by atoms with Crippen LogP contribution in [-0.2, 0) is 9.47 Å². The van der Waals surface area contributed by atoms with Crippen molar-refractivity contribution in [3.05, 3.63) is 29.3 Å². The summed E-state index contributed by atoms with van der Waals surface area (Å²) in [6.07, 6.45) is -0.130. The molecule has 3 heteroatoms. The number of ether oxygens (including phenoxy) is 2. The molecule has 84 valence electrons. The second-order valence-electron chi connectivity index (χ2n) is 3.48. The summed E-state index contributed by atoms with van der Waals surface area (Å²) in [6.45, 7) is 4.23. The molecule has 15 heavy (non-hydrogen) atoms. The van der Waals surface area contributed by atoms with Crippen molar-refractivity contribution in [1.82, 2.24) is 0 Å². The highest BCUT2D eigenvalue weighted by atomic mass is 32.2. The number of rotatable bonds is 5. The van der Waals surface area contributed by atoms with Gasteiger partial charge in [-0.1, -0.05) is 17.7 Å². The van der Waals surface area contributed by atoms with Crippen molar-refractivity contribution in [1.29, 1.82) is 0 Å². The van der Waals surface area contributed by atoms with E-state index in [4.69, 9.17) is 9.47 Å². The monoisotopic (exact) mass is 226 g/mol. The topological polar surface area (TPSA) is 18.5 Å². The van der Waals surface area contributed by atoms with E-state index in [9.17, 15) is 0 Å². The first-order valence-corrected chi connectivity index (χ1v) is 5.91. The number of thioether (sulfide) groups is 1. The highest BCUT2D eigenvalue weighted by Crippen LogP contribution is 2.24. The Balaban J connectivity index is 2.60. The van der Waals surface area contributed by atoms with Crippen LogP contribution >= 0.6 is 11.8 Å². The lowest BCUT2D eigenvalue weighted by Crippen LogP contribution is -2.15. The van der Waals surface area contributed by atoms with Gasteiger partial charge < -0.3 is 9.47 Å². The van der Waals surface area contributed by atoms with Gasteiger partial charge in [0, 0.05) is 24.9 Å². The van der Waals surface area contributed by atoms with E-state index in [-0.39, 0.29) is 6.29 Å². The fourth-order valence-electron chi connectivity index (χ4n) is 1.25. The Bertz CT molecular complexity index is 308. The molecular formula is C12H18O2S. The zero-order valence-electron chi connectivity index (χ0n) is 9.74. The minimum absolute atomic E-state index is 0.130. The summed E-state index contributed by atoms with van der Waals surface area (Å²) < 4.78 is 10.3. The van der Waals surface area contributed by atoms with Crippen LogP contribution in [-0.4, -0.2) is 26.3 Å². The van der Waals surface area contributed by atoms with E-state index in [1.165, 1.54) is 16.0 Å². The zero-order chi connectivity index (χ0) is 11.3. The van der Waals surface area contributed by atoms with Gasteiger partial charge in [0.2, 0.25) is 0 Å². The van der Waals surface area contributed by atoms with Gasteiger partial charge in [0.1, 0.15) is 0 Å². The fraction of sp³-hybridized carbons (Fsp3) is 0.500. The predicted octanol–water partition coefficient (Wildman–Crippen LogP) is 3.01. The largest absolute Gasteiger partial charge is 0.355 e. The van der Waals surface area contributed by atoms with Crippen molar-refractivity contribution in [3.63, 3.8) is 0 Å². The molecule has 0 aromatic heterocycles. The second-order valence-corrected chi connectivity index (χ2v) is 4.54. The van der Waals surface area contributed by atoms with Crippen molar-refractivity contribution in [2.24, 2.45) is 0 Å². The molecule has 1 aromatic rings. The van der Waals surface area contributed by atoms with E-state index in [0.29, 0.717) is 0 Å². The molecule has 0 radical (unpaired) electrons. The summed E-state index contributed by atoms with van der Waals surface area (Å²) in [6, 6.07) is 6.47. The van der Waals surface area contributed by atoms with E-state index < -0.39 is 0 Å². The smallest absolute Gasteiger partial charge is 0.166 e. The molecule has 0 aliphatic heterocycles. The third-order valence-electron chi connectivity index (χ3n) is 2.24. The number of methoxy groups -OCH3 is 2. The molecule has 1 rings (SSSR count). The van der Waals surface area contributed by atoms with Crippen LogP contribution in [0.15, 0.2) is 23.1 Å². The van der Waals surface area contributed by atoms with E-state index in [1.807, 2.05) is 0 Å². The molecule has 0 N–H and O–H groups in total. The molecule has 0 amide bonds. The Morgan fingerprint density at radius 3 is 2.47 bits per heavy atom. The second kappa shape index (κ2) is 6.16. The lowest BCUT2D eigenvalue weighted by molar-refractivity contribution is -0.0842. The molecule has 2 nitrogen and oxygen atoms in total. The first kappa shape index (κ1) is 12.6. The Kier molecular flexibility index (Phi) is 5.15. The molecule has 0 saturated carbocycles. The van der Waals surface area contributed by atoms with Crippen LogP contribution < -0.4 is 0 Å². The van der Waals surface area contributed by atoms with Crippen LogP contribution in [0.25, 0.3) is 0 Å². The van der Waals surface area contributed by atoms with Crippen molar-refractivity contribution in [2.45, 2.75) is 25.0 Å². The van der Waals surface area contributed by atoms with Gasteiger partial charge in [0.25, 0.3) is 0 Å². The van der Waals surface area contributed by atoms with Gasteiger partial charge >= 0.3 is 0 Å². The number of hydrogen-bond donors (Lipinski definition) is 0. The lowest BCUT2D eigenvalue weighted by Gasteiger charge is -2.13. The summed E-state index contributed by atoms with van der Waals surface area (Å²) in [4.78, 5) is 1.30. The summed E-state index contributed by atoms with van der Waals surface area (Å²) >= 11 is 1.77. The minimum Gasteiger partial charge on any atom is -0.355 e. The van der Waals surface area contributed by atoms with Crippen LogP contribution in [0.5, 0.6) is 0 Å². The van der Waals surface area contributed by atoms with Crippen molar-refractivity contribution >= 4 is 11.8 Å². The minimum atomic E-state index is -0.130. The first-order chi connectivity index (χ1) is 7.17. The summed E-state index contributed by atoms with van der Waals surface area (Å²) in [5.41, 5.74) is 2.59. The van der Waals surface area contributed by atoms with Crippen LogP contribution in [0.4, 0.5) is 0 Å². The zero-order valence-corrected chi connectivity index (χ0v) is 10.6. The number of hydrogen-bond acceptors (Lipinski definition) is 3. The molecule has 0 bridgehead atoms. The van der Waals surface area contributed by atoms with E-state index in [0.717, 1.165) is 5.75 Å². The van der Waals surface area contributed by atoms with Crippen LogP contribution in [0.1, 0.15) is 11.1 Å². The predicted molar refractivity (Wildman–Crippen MR) is 64.4 cm³/mol. The molecule has 0 aliphatic rings. The molecule has 0 fully saturated rings. The third-order valence-corrected chi connectivity index (χ3v) is 3.43. The highest BCUT2D eigenvalue weighted by Gasteiger charge is 2.07.